The molecular formula is C37H44F4N4O2S. The van der Waals surface area contributed by atoms with E-state index in [1.54, 1.807) is 18.7 Å². The maximum Gasteiger partial charge on any atom is 0.412 e. The summed E-state index contributed by atoms with van der Waals surface area (Å²) in [6.07, 6.45) is -11.5. The molecule has 4 atom stereocenters. The van der Waals surface area contributed by atoms with E-state index in [1.165, 1.54) is 0 Å². The summed E-state index contributed by atoms with van der Waals surface area (Å²) in [7, 11) is 0. The van der Waals surface area contributed by atoms with Crippen LogP contribution in [0.1, 0.15) is 86.5 Å². The van der Waals surface area contributed by atoms with Crippen molar-refractivity contribution >= 4 is 17.7 Å². The summed E-state index contributed by atoms with van der Waals surface area (Å²) in [6, 6.07) is -9.53. The first-order valence-corrected chi connectivity index (χ1v) is 16.0. The molecule has 0 bridgehead atoms. The van der Waals surface area contributed by atoms with E-state index in [-0.39, 0.29) is 48.8 Å². The van der Waals surface area contributed by atoms with Crippen LogP contribution in [0, 0.1) is 11.7 Å². The third-order valence-electron chi connectivity index (χ3n) is 7.73. The molecule has 4 unspecified atom stereocenters. The van der Waals surface area contributed by atoms with E-state index < -0.39 is 155 Å². The minimum atomic E-state index is -5.12. The molecule has 6 nitrogen and oxygen atoms in total. The number of rotatable bonds is 13. The van der Waals surface area contributed by atoms with Crippen LogP contribution in [0.2, 0.25) is 0 Å². The smallest absolute Gasteiger partial charge is 0.336 e. The maximum absolute atomic E-state index is 15.0. The minimum Gasteiger partial charge on any atom is -0.336 e. The van der Waals surface area contributed by atoms with E-state index in [0.717, 1.165) is 6.92 Å². The van der Waals surface area contributed by atoms with Gasteiger partial charge >= 0.3 is 6.18 Å². The molecule has 0 N–H and O–H groups in total. The van der Waals surface area contributed by atoms with Crippen molar-refractivity contribution in [1.82, 2.24) is 19.4 Å². The lowest BCUT2D eigenvalue weighted by atomic mass is 9.82. The monoisotopic (exact) mass is 701 g/mol. The Bertz CT molecular complexity index is 2460. The number of carbonyl (C=O) groups excluding carboxylic acids is 1. The Morgan fingerprint density at radius 2 is 1.81 bits per heavy atom. The fourth-order valence-corrected chi connectivity index (χ4v) is 5.83. The highest BCUT2D eigenvalue weighted by Gasteiger charge is 2.38. The van der Waals surface area contributed by atoms with Gasteiger partial charge in [0.15, 0.2) is 5.16 Å². The van der Waals surface area contributed by atoms with E-state index in [1.807, 2.05) is 0 Å². The zero-order chi connectivity index (χ0) is 49.4. The lowest BCUT2D eigenvalue weighted by molar-refractivity contribution is -0.131. The number of likely N-dealkylation sites (N-methyl/N-ethyl adjacent to an activating group) is 1. The molecule has 3 aliphatic rings. The van der Waals surface area contributed by atoms with Crippen LogP contribution in [0.3, 0.4) is 0 Å². The number of halogens is 4. The quantitative estimate of drug-likeness (QED) is 0.124. The lowest BCUT2D eigenvalue weighted by Gasteiger charge is -2.30. The van der Waals surface area contributed by atoms with Gasteiger partial charge in [-0.25, -0.2) is 4.39 Å². The Labute approximate surface area is 308 Å². The molecule has 2 aromatic rings. The second kappa shape index (κ2) is 15.8. The van der Waals surface area contributed by atoms with Crippen LogP contribution in [0.25, 0.3) is 0 Å². The van der Waals surface area contributed by atoms with Crippen LogP contribution < -0.4 is 5.56 Å². The molecule has 48 heavy (non-hydrogen) atoms. The molecule has 0 saturated carbocycles. The Morgan fingerprint density at radius 3 is 2.52 bits per heavy atom. The number of aromatic nitrogens is 2. The zero-order valence-corrected chi connectivity index (χ0v) is 27.1. The molecule has 1 aromatic heterocycles. The van der Waals surface area contributed by atoms with Crippen LogP contribution in [0.4, 0.5) is 17.6 Å². The van der Waals surface area contributed by atoms with E-state index in [4.69, 9.17) is 17.8 Å². The van der Waals surface area contributed by atoms with E-state index in [2.05, 4.69) is 4.98 Å². The average Bonchev–Trinajstić information content (AvgIpc) is 3.70. The van der Waals surface area contributed by atoms with Gasteiger partial charge in [0.25, 0.3) is 5.56 Å². The van der Waals surface area contributed by atoms with Gasteiger partial charge < -0.3 is 14.4 Å². The number of carbonyl (C=O) groups is 1. The third kappa shape index (κ3) is 8.77. The summed E-state index contributed by atoms with van der Waals surface area (Å²) in [5.41, 5.74) is -9.38. The summed E-state index contributed by atoms with van der Waals surface area (Å²) >= 11 is -0.104. The molecular weight excluding hydrogens is 640 g/mol. The third-order valence-corrected chi connectivity index (χ3v) is 8.50. The molecule has 0 radical (unpaired) electrons. The number of benzene rings is 1. The van der Waals surface area contributed by atoms with E-state index in [9.17, 15) is 32.6 Å². The van der Waals surface area contributed by atoms with Crippen molar-refractivity contribution in [2.45, 2.75) is 82.8 Å². The van der Waals surface area contributed by atoms with Crippen molar-refractivity contribution in [2.75, 3.05) is 32.7 Å². The summed E-state index contributed by atoms with van der Waals surface area (Å²) in [5.74, 6) is -5.14. The molecule has 0 aliphatic heterocycles. The highest BCUT2D eigenvalue weighted by Crippen LogP contribution is 2.40. The van der Waals surface area contributed by atoms with Gasteiger partial charge in [-0.05, 0) is 86.3 Å². The number of nitrogens with zero attached hydrogens (tertiary/aromatic N) is 4. The van der Waals surface area contributed by atoms with Crippen molar-refractivity contribution < 1.29 is 45.7 Å². The van der Waals surface area contributed by atoms with Gasteiger partial charge in [-0.15, -0.1) is 0 Å². The first-order chi connectivity index (χ1) is 29.8. The van der Waals surface area contributed by atoms with Gasteiger partial charge in [-0.3, -0.25) is 9.59 Å². The number of thioether (sulfide) groups is 1. The number of hydrogen-bond acceptors (Lipinski definition) is 5. The number of allylic oxidation sites excluding steroid dienone is 7. The van der Waals surface area contributed by atoms with Gasteiger partial charge in [-0.1, -0.05) is 74.4 Å². The topological polar surface area (TPSA) is 58.4 Å². The Balaban J connectivity index is 1.73. The summed E-state index contributed by atoms with van der Waals surface area (Å²) in [4.78, 5) is 34.2. The summed E-state index contributed by atoms with van der Waals surface area (Å²) in [5, 5.41) is -0.879. The Morgan fingerprint density at radius 1 is 1.08 bits per heavy atom. The minimum absolute atomic E-state index is 0.0246. The number of hydrogen-bond donors (Lipinski definition) is 0. The molecule has 3 aliphatic carbocycles. The standard InChI is InChI=1S/C37H44F4N4O2S/c1-4-43(5-2)19-20-44(22-26-9-13-28(14-10-26)29-15-18-32(25(3)21-29)37(39,40)41)34(46)23-45-33-8-6-7-31(33)35(47)42-36(45)48-24-27-11-16-30(38)17-12-27/h9,11-13,15-18,25H,4-8,10,14,19-24H2,1-3H3/i9D,10D,11D,12D,13D,14D,15D,16D,17D,18D,21D,22D2,23D2,24D2. The fourth-order valence-electron chi connectivity index (χ4n) is 5.16. The van der Waals surface area contributed by atoms with Crippen LogP contribution in [0.15, 0.2) is 80.6 Å². The Hall–Kier alpha value is -3.44. The fraction of sp³-hybridized carbons (Fsp3) is 0.486. The normalized spacial score (nSPS) is 29.3. The molecule has 1 heterocycles. The Kier molecular flexibility index (Phi) is 6.49. The second-order valence-corrected chi connectivity index (χ2v) is 11.6. The van der Waals surface area contributed by atoms with Gasteiger partial charge in [0.05, 0.1) is 16.4 Å². The summed E-state index contributed by atoms with van der Waals surface area (Å²) < 4.78 is 205. The highest BCUT2D eigenvalue weighted by atomic mass is 32.2. The molecule has 5 rings (SSSR count). The number of amides is 1. The molecule has 1 aromatic carbocycles. The van der Waals surface area contributed by atoms with Gasteiger partial charge in [-0.2, -0.15) is 18.2 Å². The van der Waals surface area contributed by atoms with Crippen LogP contribution in [-0.2, 0) is 29.8 Å². The molecule has 11 heteroatoms. The van der Waals surface area contributed by atoms with Crippen molar-refractivity contribution in [1.29, 1.82) is 0 Å². The SMILES string of the molecule is [2H]C1=C(C2=C([2H])C([2H])=C(C(F)(F)F)C(C)C2[2H])C([2H])C([2H])C(C([2H])([2H])N(CCN(CC)CC)C(=O)C([2H])([2H])n2c(SC([2H])([2H])c3c([2H])c([2H])c(F)c([2H])c3[2H])nc(=O)c3c2CCC3)=C1[2H]. The average molecular weight is 702 g/mol. The first-order valence-electron chi connectivity index (χ1n) is 23.9. The summed E-state index contributed by atoms with van der Waals surface area (Å²) in [6.45, 7) is -2.85. The van der Waals surface area contributed by atoms with Gasteiger partial charge in [0.2, 0.25) is 5.91 Å². The molecule has 258 valence electrons. The molecule has 0 fully saturated rings. The van der Waals surface area contributed by atoms with Crippen LogP contribution in [-0.4, -0.2) is 64.1 Å². The molecule has 0 spiro atoms. The molecule has 0 saturated heterocycles. The number of fused-ring (bicyclic) bond motifs is 1. The maximum atomic E-state index is 15.0. The van der Waals surface area contributed by atoms with Crippen molar-refractivity contribution in [2.24, 2.45) is 5.92 Å². The first kappa shape index (κ1) is 19.7. The van der Waals surface area contributed by atoms with Crippen molar-refractivity contribution in [3.63, 3.8) is 0 Å². The largest absolute Gasteiger partial charge is 0.412 e. The van der Waals surface area contributed by atoms with Gasteiger partial charge in [0.1, 0.15) is 12.3 Å². The van der Waals surface area contributed by atoms with Crippen molar-refractivity contribution in [3.05, 3.63) is 104 Å². The highest BCUT2D eigenvalue weighted by molar-refractivity contribution is 7.98. The molecule has 1 amide bonds. The van der Waals surface area contributed by atoms with Crippen molar-refractivity contribution in [3.8, 4) is 0 Å². The van der Waals surface area contributed by atoms with Gasteiger partial charge in [0, 0.05) is 49.0 Å². The predicted molar refractivity (Wildman–Crippen MR) is 182 cm³/mol. The lowest BCUT2D eigenvalue weighted by Crippen LogP contribution is -2.42. The second-order valence-electron chi connectivity index (χ2n) is 10.9. The zero-order valence-electron chi connectivity index (χ0n) is 43.3. The number of alkyl halides is 3. The van der Waals surface area contributed by atoms with E-state index >= 15 is 0 Å². The predicted octanol–water partition coefficient (Wildman–Crippen LogP) is 7.44. The van der Waals surface area contributed by atoms with Crippen LogP contribution in [0.5, 0.6) is 0 Å². The van der Waals surface area contributed by atoms with Crippen LogP contribution >= 0.6 is 11.8 Å². The van der Waals surface area contributed by atoms with E-state index in [0.29, 0.717) is 22.6 Å².